The van der Waals surface area contributed by atoms with Gasteiger partial charge < -0.3 is 0 Å². The van der Waals surface area contributed by atoms with Gasteiger partial charge >= 0.3 is 0 Å². The van der Waals surface area contributed by atoms with Crippen LogP contribution in [0.15, 0.2) is 21.1 Å². The standard InChI is InChI=1S/C18H26N2O2/c1-14(2)15-8-10-17(11-9-15)18(19-12-21,20-13-22)16-6-4-3-5-7-16/h16-17H,3-11H2,1-2H3. The highest BCUT2D eigenvalue weighted by atomic mass is 16.1. The Morgan fingerprint density at radius 3 is 1.86 bits per heavy atom. The molecule has 0 saturated heterocycles. The molecule has 22 heavy (non-hydrogen) atoms. The second-order valence-corrected chi connectivity index (χ2v) is 6.90. The molecule has 0 aromatic heterocycles. The van der Waals surface area contributed by atoms with E-state index in [1.807, 2.05) is 0 Å². The summed E-state index contributed by atoms with van der Waals surface area (Å²) in [4.78, 5) is 30.3. The maximum atomic E-state index is 11.1. The van der Waals surface area contributed by atoms with Crippen molar-refractivity contribution in [1.29, 1.82) is 0 Å². The van der Waals surface area contributed by atoms with Crippen molar-refractivity contribution in [3.63, 3.8) is 0 Å². The van der Waals surface area contributed by atoms with Gasteiger partial charge in [-0.1, -0.05) is 30.4 Å². The molecule has 0 amide bonds. The molecule has 2 rings (SSSR count). The summed E-state index contributed by atoms with van der Waals surface area (Å²) in [6.45, 7) is 4.30. The molecule has 0 N–H and O–H groups in total. The van der Waals surface area contributed by atoms with Crippen molar-refractivity contribution in [1.82, 2.24) is 0 Å². The van der Waals surface area contributed by atoms with E-state index >= 15 is 0 Å². The number of aliphatic imine (C=N–C) groups is 2. The van der Waals surface area contributed by atoms with Gasteiger partial charge in [-0.3, -0.25) is 0 Å². The van der Waals surface area contributed by atoms with Gasteiger partial charge in [0.15, 0.2) is 5.66 Å². The Morgan fingerprint density at radius 1 is 0.909 bits per heavy atom. The molecule has 0 aliphatic heterocycles. The molecule has 0 radical (unpaired) electrons. The minimum absolute atomic E-state index is 0.154. The minimum Gasteiger partial charge on any atom is -0.211 e. The highest BCUT2D eigenvalue weighted by Gasteiger charge is 2.47. The van der Waals surface area contributed by atoms with Crippen LogP contribution in [0.1, 0.15) is 71.6 Å². The summed E-state index contributed by atoms with van der Waals surface area (Å²) in [6.07, 6.45) is 12.8. The number of allylic oxidation sites excluding steroid dienone is 2. The van der Waals surface area contributed by atoms with E-state index in [-0.39, 0.29) is 11.8 Å². The first kappa shape index (κ1) is 16.9. The fraction of sp³-hybridized carbons (Fsp3) is 0.778. The fourth-order valence-corrected chi connectivity index (χ4v) is 4.29. The van der Waals surface area contributed by atoms with Crippen molar-refractivity contribution in [2.45, 2.75) is 77.3 Å². The summed E-state index contributed by atoms with van der Waals surface area (Å²) in [5, 5.41) is 0. The molecule has 4 heteroatoms. The molecule has 2 aliphatic rings. The van der Waals surface area contributed by atoms with Gasteiger partial charge in [-0.05, 0) is 52.4 Å². The largest absolute Gasteiger partial charge is 0.237 e. The van der Waals surface area contributed by atoms with E-state index in [1.165, 1.54) is 17.6 Å². The number of carbonyl (C=O) groups excluding carboxylic acids is 2. The molecule has 0 aromatic rings. The monoisotopic (exact) mass is 302 g/mol. The lowest BCUT2D eigenvalue weighted by Gasteiger charge is -2.42. The maximum absolute atomic E-state index is 11.1. The predicted octanol–water partition coefficient (Wildman–Crippen LogP) is 4.46. The third-order valence-electron chi connectivity index (χ3n) is 5.55. The van der Waals surface area contributed by atoms with E-state index in [4.69, 9.17) is 0 Å². The van der Waals surface area contributed by atoms with Crippen LogP contribution in [0, 0.1) is 11.8 Å². The summed E-state index contributed by atoms with van der Waals surface area (Å²) < 4.78 is 0. The third-order valence-corrected chi connectivity index (χ3v) is 5.55. The lowest BCUT2D eigenvalue weighted by atomic mass is 9.68. The van der Waals surface area contributed by atoms with Gasteiger partial charge in [0.25, 0.3) is 0 Å². The van der Waals surface area contributed by atoms with Crippen molar-refractivity contribution in [3.8, 4) is 0 Å². The molecule has 0 atom stereocenters. The number of hydrogen-bond donors (Lipinski definition) is 0. The van der Waals surface area contributed by atoms with Gasteiger partial charge in [-0.15, -0.1) is 0 Å². The average Bonchev–Trinajstić information content (AvgIpc) is 2.55. The zero-order valence-corrected chi connectivity index (χ0v) is 13.7. The average molecular weight is 302 g/mol. The molecule has 120 valence electrons. The van der Waals surface area contributed by atoms with Crippen LogP contribution < -0.4 is 0 Å². The fourth-order valence-electron chi connectivity index (χ4n) is 4.29. The maximum Gasteiger partial charge on any atom is 0.237 e. The number of isocyanates is 2. The predicted molar refractivity (Wildman–Crippen MR) is 85.9 cm³/mol. The highest BCUT2D eigenvalue weighted by Crippen LogP contribution is 2.47. The zero-order valence-electron chi connectivity index (χ0n) is 13.7. The summed E-state index contributed by atoms with van der Waals surface area (Å²) >= 11 is 0. The Balaban J connectivity index is 2.30. The highest BCUT2D eigenvalue weighted by molar-refractivity contribution is 5.40. The van der Waals surface area contributed by atoms with Crippen molar-refractivity contribution in [2.24, 2.45) is 21.8 Å². The molecular weight excluding hydrogens is 276 g/mol. The molecule has 0 aromatic carbocycles. The van der Waals surface area contributed by atoms with Crippen LogP contribution >= 0.6 is 0 Å². The first-order valence-corrected chi connectivity index (χ1v) is 8.47. The van der Waals surface area contributed by atoms with Crippen LogP contribution in [-0.4, -0.2) is 17.8 Å². The molecule has 0 spiro atoms. The molecule has 2 saturated carbocycles. The number of hydrogen-bond acceptors (Lipinski definition) is 4. The SMILES string of the molecule is CC(C)=C1CCC(C(N=C=O)(N=C=O)C2CCCCC2)CC1. The van der Waals surface area contributed by atoms with E-state index in [2.05, 4.69) is 23.8 Å². The molecule has 2 aliphatic carbocycles. The van der Waals surface area contributed by atoms with Crippen molar-refractivity contribution in [2.75, 3.05) is 0 Å². The first-order valence-electron chi connectivity index (χ1n) is 8.47. The van der Waals surface area contributed by atoms with Gasteiger partial charge in [-0.25, -0.2) is 9.59 Å². The summed E-state index contributed by atoms with van der Waals surface area (Å²) in [6, 6.07) is 0. The van der Waals surface area contributed by atoms with Gasteiger partial charge in [0.1, 0.15) is 0 Å². The Kier molecular flexibility index (Phi) is 5.88. The van der Waals surface area contributed by atoms with Crippen molar-refractivity contribution < 1.29 is 9.59 Å². The van der Waals surface area contributed by atoms with Gasteiger partial charge in [-0.2, -0.15) is 9.98 Å². The van der Waals surface area contributed by atoms with Gasteiger partial charge in [0.2, 0.25) is 12.2 Å². The quantitative estimate of drug-likeness (QED) is 0.437. The Morgan fingerprint density at radius 2 is 1.41 bits per heavy atom. The lowest BCUT2D eigenvalue weighted by Crippen LogP contribution is -2.44. The Bertz CT molecular complexity index is 487. The van der Waals surface area contributed by atoms with Crippen LogP contribution in [0.5, 0.6) is 0 Å². The Hall–Kier alpha value is -1.50. The third kappa shape index (κ3) is 3.45. The van der Waals surface area contributed by atoms with Crippen LogP contribution in [0.4, 0.5) is 0 Å². The number of nitrogens with zero attached hydrogens (tertiary/aromatic N) is 2. The minimum atomic E-state index is -0.906. The van der Waals surface area contributed by atoms with Crippen LogP contribution in [0.2, 0.25) is 0 Å². The van der Waals surface area contributed by atoms with E-state index in [0.29, 0.717) is 0 Å². The van der Waals surface area contributed by atoms with Crippen LogP contribution in [0.3, 0.4) is 0 Å². The second kappa shape index (κ2) is 7.67. The van der Waals surface area contributed by atoms with Crippen molar-refractivity contribution >= 4 is 12.2 Å². The number of rotatable bonds is 4. The molecule has 0 bridgehead atoms. The summed E-state index contributed by atoms with van der Waals surface area (Å²) in [7, 11) is 0. The molecule has 0 unspecified atom stereocenters. The van der Waals surface area contributed by atoms with E-state index < -0.39 is 5.66 Å². The topological polar surface area (TPSA) is 58.9 Å². The van der Waals surface area contributed by atoms with E-state index in [1.54, 1.807) is 12.2 Å². The summed E-state index contributed by atoms with van der Waals surface area (Å²) in [5.74, 6) is 0.337. The second-order valence-electron chi connectivity index (χ2n) is 6.90. The van der Waals surface area contributed by atoms with Crippen molar-refractivity contribution in [3.05, 3.63) is 11.1 Å². The Labute approximate surface area is 132 Å². The smallest absolute Gasteiger partial charge is 0.211 e. The lowest BCUT2D eigenvalue weighted by molar-refractivity contribution is 0.123. The normalized spacial score (nSPS) is 25.5. The van der Waals surface area contributed by atoms with Gasteiger partial charge in [0, 0.05) is 11.8 Å². The van der Waals surface area contributed by atoms with Gasteiger partial charge in [0.05, 0.1) is 0 Å². The van der Waals surface area contributed by atoms with E-state index in [0.717, 1.165) is 51.4 Å². The molecule has 0 heterocycles. The van der Waals surface area contributed by atoms with Crippen LogP contribution in [0.25, 0.3) is 0 Å². The molecule has 2 fully saturated rings. The summed E-state index contributed by atoms with van der Waals surface area (Å²) in [5.41, 5.74) is 1.98. The first-order chi connectivity index (χ1) is 10.6. The molecular formula is C18H26N2O2. The molecule has 4 nitrogen and oxygen atoms in total. The van der Waals surface area contributed by atoms with Crippen LogP contribution in [-0.2, 0) is 9.59 Å². The van der Waals surface area contributed by atoms with E-state index in [9.17, 15) is 9.59 Å². The zero-order chi connectivity index (χ0) is 16.0.